The number of fused-ring (bicyclic) bond motifs is 1. The minimum absolute atomic E-state index is 0.0239. The lowest BCUT2D eigenvalue weighted by Gasteiger charge is -2.42. The number of aromatic hydroxyl groups is 1. The van der Waals surface area contributed by atoms with E-state index in [2.05, 4.69) is 0 Å². The normalized spacial score (nSPS) is 39.6. The van der Waals surface area contributed by atoms with E-state index in [4.69, 9.17) is 37.9 Å². The van der Waals surface area contributed by atoms with Gasteiger partial charge in [-0.1, -0.05) is 12.1 Å². The molecule has 4 aliphatic rings. The maximum absolute atomic E-state index is 10.7. The number of benzene rings is 2. The molecule has 0 spiro atoms. The number of phenolic OH excluding ortho intramolecular Hbond substituents is 1. The molecule has 48 heavy (non-hydrogen) atoms. The molecule has 266 valence electrons. The van der Waals surface area contributed by atoms with Gasteiger partial charge in [0.1, 0.15) is 48.8 Å². The Balaban J connectivity index is 1.12. The van der Waals surface area contributed by atoms with Crippen LogP contribution in [0.3, 0.4) is 0 Å². The highest BCUT2D eigenvalue weighted by atomic mass is 16.7. The average molecular weight is 683 g/mol. The summed E-state index contributed by atoms with van der Waals surface area (Å²) in [6.07, 6.45) is -16.1. The summed E-state index contributed by atoms with van der Waals surface area (Å²) in [4.78, 5) is 0. The number of rotatable bonds is 10. The lowest BCUT2D eigenvalue weighted by Crippen LogP contribution is -2.62. The van der Waals surface area contributed by atoms with Crippen molar-refractivity contribution in [3.05, 3.63) is 47.5 Å². The van der Waals surface area contributed by atoms with E-state index in [9.17, 15) is 40.9 Å². The Kier molecular flexibility index (Phi) is 10.6. The fourth-order valence-electron chi connectivity index (χ4n) is 6.74. The zero-order valence-corrected chi connectivity index (χ0v) is 26.2. The van der Waals surface area contributed by atoms with E-state index in [1.54, 1.807) is 36.4 Å². The summed E-state index contributed by atoms with van der Waals surface area (Å²) in [5, 5.41) is 81.5. The van der Waals surface area contributed by atoms with Gasteiger partial charge >= 0.3 is 0 Å². The van der Waals surface area contributed by atoms with E-state index in [0.717, 1.165) is 11.1 Å². The molecule has 16 heteroatoms. The van der Waals surface area contributed by atoms with Gasteiger partial charge in [0.05, 0.1) is 52.9 Å². The van der Waals surface area contributed by atoms with E-state index < -0.39 is 74.6 Å². The average Bonchev–Trinajstić information content (AvgIpc) is 3.71. The highest BCUT2D eigenvalue weighted by Crippen LogP contribution is 2.51. The maximum Gasteiger partial charge on any atom is 0.229 e. The number of methoxy groups -OCH3 is 2. The van der Waals surface area contributed by atoms with Crippen LogP contribution in [-0.2, 0) is 23.7 Å². The largest absolute Gasteiger partial charge is 0.504 e. The molecule has 2 aromatic carbocycles. The lowest BCUT2D eigenvalue weighted by molar-refractivity contribution is -0.323. The standard InChI is InChI=1S/C32H42O16/c1-41-19-7-13(3-5-17(19)34)29-15-10-44-30(16(15)11-43-29)14-4-6-18(20(8-14)42-2)46-32-28(40)26(38)24(36)22(48-32)12-45-31-27(39)25(37)23(35)21(9-33)47-31/h3-8,15-16,21-40H,9-12H2,1-2H3/t15-,16-,21+,22+,23+,24+,25-,26-,27+,28+,29+,30+,31+,32+/m0/s1. The number of aliphatic hydroxyl groups is 7. The summed E-state index contributed by atoms with van der Waals surface area (Å²) in [5.74, 6) is 0.914. The third-order valence-corrected chi connectivity index (χ3v) is 9.50. The number of ether oxygens (including phenoxy) is 8. The number of aliphatic hydroxyl groups excluding tert-OH is 7. The topological polar surface area (TPSA) is 236 Å². The molecule has 16 nitrogen and oxygen atoms in total. The Hall–Kier alpha value is -2.84. The predicted molar refractivity (Wildman–Crippen MR) is 159 cm³/mol. The Labute approximate surface area is 275 Å². The van der Waals surface area contributed by atoms with Crippen LogP contribution in [0.25, 0.3) is 0 Å². The van der Waals surface area contributed by atoms with Crippen molar-refractivity contribution in [1.29, 1.82) is 0 Å². The third-order valence-electron chi connectivity index (χ3n) is 9.50. The molecule has 4 fully saturated rings. The summed E-state index contributed by atoms with van der Waals surface area (Å²) >= 11 is 0. The molecule has 4 aliphatic heterocycles. The molecule has 0 bridgehead atoms. The Morgan fingerprint density at radius 2 is 1.19 bits per heavy atom. The van der Waals surface area contributed by atoms with E-state index >= 15 is 0 Å². The minimum Gasteiger partial charge on any atom is -0.504 e. The zero-order chi connectivity index (χ0) is 34.3. The van der Waals surface area contributed by atoms with Crippen molar-refractivity contribution in [2.75, 3.05) is 40.6 Å². The monoisotopic (exact) mass is 682 g/mol. The smallest absolute Gasteiger partial charge is 0.229 e. The van der Waals surface area contributed by atoms with Gasteiger partial charge in [-0.2, -0.15) is 0 Å². The molecule has 0 amide bonds. The first kappa shape index (κ1) is 35.0. The van der Waals surface area contributed by atoms with E-state index in [1.807, 2.05) is 0 Å². The predicted octanol–water partition coefficient (Wildman–Crippen LogP) is -1.51. The van der Waals surface area contributed by atoms with Crippen LogP contribution in [-0.4, -0.2) is 143 Å². The molecule has 0 radical (unpaired) electrons. The molecule has 0 aliphatic carbocycles. The van der Waals surface area contributed by atoms with Crippen LogP contribution in [0.15, 0.2) is 36.4 Å². The molecule has 4 saturated heterocycles. The van der Waals surface area contributed by atoms with Crippen LogP contribution in [0, 0.1) is 11.8 Å². The van der Waals surface area contributed by atoms with Gasteiger partial charge < -0.3 is 78.7 Å². The van der Waals surface area contributed by atoms with Crippen molar-refractivity contribution >= 4 is 0 Å². The number of hydrogen-bond acceptors (Lipinski definition) is 16. The first-order chi connectivity index (χ1) is 23.1. The van der Waals surface area contributed by atoms with Crippen molar-refractivity contribution in [3.63, 3.8) is 0 Å². The molecular weight excluding hydrogens is 640 g/mol. The van der Waals surface area contributed by atoms with E-state index in [1.165, 1.54) is 14.2 Å². The van der Waals surface area contributed by atoms with Crippen molar-refractivity contribution in [1.82, 2.24) is 0 Å². The molecular formula is C32H42O16. The molecule has 2 aromatic rings. The van der Waals surface area contributed by atoms with E-state index in [-0.39, 0.29) is 41.3 Å². The Morgan fingerprint density at radius 3 is 1.79 bits per heavy atom. The number of hydrogen-bond donors (Lipinski definition) is 8. The Bertz CT molecular complexity index is 1390. The third kappa shape index (κ3) is 6.56. The number of phenols is 1. The molecule has 0 aromatic heterocycles. The second kappa shape index (κ2) is 14.6. The second-order valence-electron chi connectivity index (χ2n) is 12.3. The van der Waals surface area contributed by atoms with Gasteiger partial charge in [0, 0.05) is 11.8 Å². The van der Waals surface area contributed by atoms with Crippen molar-refractivity contribution in [2.45, 2.75) is 73.6 Å². The quantitative estimate of drug-likeness (QED) is 0.142. The molecule has 14 atom stereocenters. The van der Waals surface area contributed by atoms with Gasteiger partial charge in [0.25, 0.3) is 0 Å². The summed E-state index contributed by atoms with van der Waals surface area (Å²) < 4.78 is 45.7. The van der Waals surface area contributed by atoms with Crippen molar-refractivity contribution in [3.8, 4) is 23.0 Å². The van der Waals surface area contributed by atoms with Crippen LogP contribution in [0.4, 0.5) is 0 Å². The fraction of sp³-hybridized carbons (Fsp3) is 0.625. The SMILES string of the molecule is COc1cc([C@H]2OC[C@H]3[C@@H]2CO[C@@H]3c2ccc(O[C@@H]3O[C@H](CO[C@@H]4O[C@H](CO)[C@@H](O)[C@H](O)[C@H]4O)[C@@H](O)[C@H](O)[C@H]3O)c(OC)c2)ccc1O. The second-order valence-corrected chi connectivity index (χ2v) is 12.3. The fourth-order valence-corrected chi connectivity index (χ4v) is 6.74. The molecule has 4 heterocycles. The van der Waals surface area contributed by atoms with Crippen molar-refractivity contribution < 1.29 is 78.7 Å². The minimum atomic E-state index is -1.72. The highest BCUT2D eigenvalue weighted by molar-refractivity contribution is 5.45. The van der Waals surface area contributed by atoms with Crippen LogP contribution in [0.5, 0.6) is 23.0 Å². The van der Waals surface area contributed by atoms with Gasteiger partial charge in [0.15, 0.2) is 29.3 Å². The zero-order valence-electron chi connectivity index (χ0n) is 26.2. The van der Waals surface area contributed by atoms with Crippen molar-refractivity contribution in [2.24, 2.45) is 11.8 Å². The maximum atomic E-state index is 10.7. The van der Waals surface area contributed by atoms with Crippen LogP contribution in [0.2, 0.25) is 0 Å². The van der Waals surface area contributed by atoms with Gasteiger partial charge in [0.2, 0.25) is 6.29 Å². The summed E-state index contributed by atoms with van der Waals surface area (Å²) in [7, 11) is 2.92. The molecule has 0 saturated carbocycles. The lowest BCUT2D eigenvalue weighted by atomic mass is 9.85. The summed E-state index contributed by atoms with van der Waals surface area (Å²) in [6, 6.07) is 10.3. The molecule has 6 rings (SSSR count). The van der Waals surface area contributed by atoms with Gasteiger partial charge in [-0.15, -0.1) is 0 Å². The van der Waals surface area contributed by atoms with Gasteiger partial charge in [-0.05, 0) is 35.4 Å². The molecule has 0 unspecified atom stereocenters. The summed E-state index contributed by atoms with van der Waals surface area (Å²) in [6.45, 7) is -0.269. The first-order valence-corrected chi connectivity index (χ1v) is 15.6. The van der Waals surface area contributed by atoms with Crippen LogP contribution >= 0.6 is 0 Å². The van der Waals surface area contributed by atoms with Crippen LogP contribution < -0.4 is 14.2 Å². The van der Waals surface area contributed by atoms with Gasteiger partial charge in [-0.3, -0.25) is 0 Å². The Morgan fingerprint density at radius 1 is 0.646 bits per heavy atom. The van der Waals surface area contributed by atoms with Gasteiger partial charge in [-0.25, -0.2) is 0 Å². The molecule has 8 N–H and O–H groups in total. The highest BCUT2D eigenvalue weighted by Gasteiger charge is 2.50. The van der Waals surface area contributed by atoms with Crippen LogP contribution in [0.1, 0.15) is 23.3 Å². The van der Waals surface area contributed by atoms with E-state index in [0.29, 0.717) is 19.0 Å². The first-order valence-electron chi connectivity index (χ1n) is 15.6. The summed E-state index contributed by atoms with van der Waals surface area (Å²) in [5.41, 5.74) is 1.67.